The number of urea groups is 1. The number of carbonyl (C=O) groups is 1. The van der Waals surface area contributed by atoms with Crippen LogP contribution in [-0.4, -0.2) is 39.9 Å². The van der Waals surface area contributed by atoms with Gasteiger partial charge in [-0.1, -0.05) is 91.0 Å². The average molecular weight is 830 g/mol. The van der Waals surface area contributed by atoms with Crippen molar-refractivity contribution < 1.29 is 15.5 Å². The van der Waals surface area contributed by atoms with Crippen LogP contribution in [0.5, 0.6) is 0 Å². The molecule has 2 amide bonds. The summed E-state index contributed by atoms with van der Waals surface area (Å²) in [7, 11) is 0.444. The Hall–Kier alpha value is -0.978. The third-order valence-electron chi connectivity index (χ3n) is 5.78. The van der Waals surface area contributed by atoms with Crippen molar-refractivity contribution in [2.24, 2.45) is 0 Å². The predicted molar refractivity (Wildman–Crippen MR) is 171 cm³/mol. The van der Waals surface area contributed by atoms with Crippen LogP contribution in [0.4, 0.5) is 4.79 Å². The van der Waals surface area contributed by atoms with Gasteiger partial charge in [-0.3, -0.25) is 4.90 Å². The molecule has 5 rings (SSSR count). The minimum atomic E-state index is -0.446. The normalized spacial score (nSPS) is 14.5. The summed E-state index contributed by atoms with van der Waals surface area (Å²) in [5.74, 6) is 0. The molecule has 2 radical (unpaired) electrons. The van der Waals surface area contributed by atoms with Crippen molar-refractivity contribution >= 4 is 68.9 Å². The van der Waals surface area contributed by atoms with Crippen LogP contribution >= 0.6 is 47.0 Å². The molecule has 2 aliphatic heterocycles. The number of benzene rings is 3. The molecule has 198 valence electrons. The fourth-order valence-corrected chi connectivity index (χ4v) is 6.27. The number of likely N-dealkylation sites (tertiary alicyclic amines) is 1. The monoisotopic (exact) mass is 829 g/mol. The minimum Gasteiger partial charge on any atom is -0.0622 e. The number of rotatable bonds is 4. The van der Waals surface area contributed by atoms with E-state index < -0.39 is 7.92 Å². The summed E-state index contributed by atoms with van der Waals surface area (Å²) < 4.78 is 0. The van der Waals surface area contributed by atoms with E-state index in [2.05, 4.69) is 151 Å². The van der Waals surface area contributed by atoms with Crippen LogP contribution < -0.4 is 15.9 Å². The number of amides is 2. The van der Waals surface area contributed by atoms with Gasteiger partial charge in [0.15, 0.2) is 0 Å². The van der Waals surface area contributed by atoms with E-state index in [9.17, 15) is 4.79 Å². The Balaban J connectivity index is 0.000000190. The van der Waals surface area contributed by atoms with Gasteiger partial charge in [0.05, 0.1) is 0 Å². The van der Waals surface area contributed by atoms with E-state index in [1.165, 1.54) is 15.9 Å². The first kappa shape index (κ1) is 30.6. The second-order valence-electron chi connectivity index (χ2n) is 8.63. The molecule has 0 bridgehead atoms. The SMILES string of the molecule is CC(C)N1[C]N(C(=O)N2CCCC2)C=C1.[I][Pd][I].c1ccc(P(c2ccccc2)c2ccccc2)cc1. The zero-order valence-corrected chi connectivity index (χ0v) is 27.8. The Bertz CT molecular complexity index is 990. The molecule has 0 atom stereocenters. The summed E-state index contributed by atoms with van der Waals surface area (Å²) in [6, 6.07) is 32.7. The van der Waals surface area contributed by atoms with Crippen LogP contribution in [0.1, 0.15) is 26.7 Å². The van der Waals surface area contributed by atoms with Gasteiger partial charge in [0.1, 0.15) is 0 Å². The molecule has 4 nitrogen and oxygen atoms in total. The van der Waals surface area contributed by atoms with Crippen LogP contribution in [0.3, 0.4) is 0 Å². The van der Waals surface area contributed by atoms with Crippen LogP contribution in [0.15, 0.2) is 103 Å². The van der Waals surface area contributed by atoms with E-state index in [4.69, 9.17) is 0 Å². The first-order chi connectivity index (χ1) is 18.0. The number of hydrogen-bond donors (Lipinski definition) is 0. The largest absolute Gasteiger partial charge is 0.0622 e. The molecule has 3 aromatic carbocycles. The van der Waals surface area contributed by atoms with Crippen molar-refractivity contribution in [3.05, 3.63) is 110 Å². The molecule has 0 aromatic heterocycles. The zero-order valence-electron chi connectivity index (χ0n) is 21.0. The molecule has 0 N–H and O–H groups in total. The second-order valence-corrected chi connectivity index (χ2v) is 22.8. The molecule has 1 saturated heterocycles. The number of nitrogens with zero attached hydrogens (tertiary/aromatic N) is 3. The van der Waals surface area contributed by atoms with Gasteiger partial charge in [0.2, 0.25) is 6.67 Å². The molecule has 0 saturated carbocycles. The van der Waals surface area contributed by atoms with Gasteiger partial charge >= 0.3 is 55.8 Å². The van der Waals surface area contributed by atoms with E-state index in [-0.39, 0.29) is 6.03 Å². The van der Waals surface area contributed by atoms with Gasteiger partial charge in [-0.25, -0.2) is 4.79 Å². The summed E-state index contributed by atoms with van der Waals surface area (Å²) in [5.41, 5.74) is 0. The van der Waals surface area contributed by atoms with Crippen molar-refractivity contribution in [3.63, 3.8) is 0 Å². The summed E-state index contributed by atoms with van der Waals surface area (Å²) in [4.78, 5) is 17.3. The summed E-state index contributed by atoms with van der Waals surface area (Å²) in [6.45, 7) is 8.94. The minimum absolute atomic E-state index is 0.0481. The summed E-state index contributed by atoms with van der Waals surface area (Å²) in [6.07, 6.45) is 5.91. The first-order valence-electron chi connectivity index (χ1n) is 12.1. The maximum atomic E-state index is 11.9. The van der Waals surface area contributed by atoms with Crippen molar-refractivity contribution in [1.29, 1.82) is 0 Å². The third-order valence-corrected chi connectivity index (χ3v) is 8.23. The van der Waals surface area contributed by atoms with Crippen molar-refractivity contribution in [3.8, 4) is 0 Å². The number of carbonyl (C=O) groups excluding carboxylic acids is 1. The van der Waals surface area contributed by atoms with Crippen LogP contribution in [-0.2, 0) is 10.8 Å². The fraction of sp³-hybridized carbons (Fsp3) is 0.241. The third kappa shape index (κ3) is 9.62. The van der Waals surface area contributed by atoms with Gasteiger partial charge in [0, 0.05) is 31.5 Å². The smallest absolute Gasteiger partial charge is 0.0134 e. The number of hydrogen-bond acceptors (Lipinski definition) is 2. The van der Waals surface area contributed by atoms with Gasteiger partial charge in [-0.15, -0.1) is 0 Å². The topological polar surface area (TPSA) is 26.8 Å². The molecule has 8 heteroatoms. The molecule has 2 heterocycles. The molecule has 3 aromatic rings. The molecular weight excluding hydrogens is 798 g/mol. The molecule has 0 aliphatic carbocycles. The van der Waals surface area contributed by atoms with Gasteiger partial charge < -0.3 is 9.80 Å². The zero-order chi connectivity index (χ0) is 26.5. The molecule has 37 heavy (non-hydrogen) atoms. The second kappa shape index (κ2) is 16.9. The van der Waals surface area contributed by atoms with E-state index in [0.29, 0.717) is 6.04 Å². The summed E-state index contributed by atoms with van der Waals surface area (Å²) >= 11 is 4.65. The van der Waals surface area contributed by atoms with Gasteiger partial charge in [-0.05, 0) is 50.5 Å². The Morgan fingerprint density at radius 3 is 1.54 bits per heavy atom. The molecular formula is C29H32I2N3OPPd. The van der Waals surface area contributed by atoms with Crippen molar-refractivity contribution in [2.75, 3.05) is 13.1 Å². The van der Waals surface area contributed by atoms with Crippen LogP contribution in [0, 0.1) is 6.67 Å². The van der Waals surface area contributed by atoms with Crippen LogP contribution in [0.2, 0.25) is 0 Å². The average Bonchev–Trinajstić information content (AvgIpc) is 3.65. The van der Waals surface area contributed by atoms with Gasteiger partial charge in [0.25, 0.3) is 0 Å². The standard InChI is InChI=1S/C18H15P.C11H17N3O.2HI.Pd/c1-4-10-16(11-5-1)19(17-12-6-2-7-13-17)18-14-8-3-9-15-18;1-10(2)13-7-8-14(9-13)11(15)12-5-3-4-6-12;;;/h1-15H;7-8,10H,3-6H2,1-2H3;2*1H;/q;;;;+2/p-2. The van der Waals surface area contributed by atoms with E-state index in [0.717, 1.165) is 36.7 Å². The Morgan fingerprint density at radius 1 is 0.784 bits per heavy atom. The Labute approximate surface area is 252 Å². The number of halogens is 2. The molecule has 2 aliphatic rings. The summed E-state index contributed by atoms with van der Waals surface area (Å²) in [5, 5.41) is 4.19. The maximum Gasteiger partial charge on any atom is -0.0134 e. The van der Waals surface area contributed by atoms with E-state index in [1.54, 1.807) is 11.1 Å². The van der Waals surface area contributed by atoms with Gasteiger partial charge in [-0.2, -0.15) is 0 Å². The predicted octanol–water partition coefficient (Wildman–Crippen LogP) is 6.91. The molecule has 0 spiro atoms. The quantitative estimate of drug-likeness (QED) is 0.163. The maximum absolute atomic E-state index is 11.9. The molecule has 0 unspecified atom stereocenters. The molecule has 1 fully saturated rings. The van der Waals surface area contributed by atoms with Crippen molar-refractivity contribution in [2.45, 2.75) is 32.7 Å². The Morgan fingerprint density at radius 2 is 1.19 bits per heavy atom. The Kier molecular flexibility index (Phi) is 13.9. The first-order valence-corrected chi connectivity index (χ1v) is 22.7. The van der Waals surface area contributed by atoms with Crippen molar-refractivity contribution in [1.82, 2.24) is 14.7 Å². The fourth-order valence-electron chi connectivity index (χ4n) is 3.96. The van der Waals surface area contributed by atoms with E-state index >= 15 is 0 Å². The van der Waals surface area contributed by atoms with E-state index in [1.807, 2.05) is 16.0 Å². The van der Waals surface area contributed by atoms with Crippen LogP contribution in [0.25, 0.3) is 0 Å².